The fourth-order valence-corrected chi connectivity index (χ4v) is 0.737. The van der Waals surface area contributed by atoms with Crippen molar-refractivity contribution in [2.45, 2.75) is 13.8 Å². The lowest BCUT2D eigenvalue weighted by Gasteiger charge is -2.06. The largest absolute Gasteiger partial charge is 0.478 e. The molecule has 0 heterocycles. The van der Waals surface area contributed by atoms with E-state index < -0.39 is 5.97 Å². The summed E-state index contributed by atoms with van der Waals surface area (Å²) in [5, 5.41) is 8.25. The Morgan fingerprint density at radius 3 is 2.57 bits per heavy atom. The van der Waals surface area contributed by atoms with E-state index in [9.17, 15) is 4.79 Å². The van der Waals surface area contributed by atoms with Crippen molar-refractivity contribution in [3.63, 3.8) is 0 Å². The summed E-state index contributed by atoms with van der Waals surface area (Å²) in [7, 11) is 0. The molecule has 0 rings (SSSR count). The average Bonchev–Trinajstić information content (AvgIpc) is 2.08. The molecule has 0 amide bonds. The normalized spacial score (nSPS) is 11.4. The summed E-state index contributed by atoms with van der Waals surface area (Å²) in [6, 6.07) is 0. The molecule has 0 aliphatic carbocycles. The first-order chi connectivity index (χ1) is 6.63. The quantitative estimate of drug-likeness (QED) is 0.476. The van der Waals surface area contributed by atoms with E-state index in [2.05, 4.69) is 13.8 Å². The first kappa shape index (κ1) is 13.1. The molecule has 14 heavy (non-hydrogen) atoms. The maximum absolute atomic E-state index is 10.0. The van der Waals surface area contributed by atoms with Crippen molar-refractivity contribution < 1.29 is 19.4 Å². The van der Waals surface area contributed by atoms with E-state index in [1.54, 1.807) is 0 Å². The molecule has 0 saturated carbocycles. The number of ether oxygens (including phenoxy) is 2. The molecule has 0 radical (unpaired) electrons. The standard InChI is InChI=1S/C10H18O4/c1-9(2)8-14-7-6-13-5-3-4-10(11)12/h3-4,9H,5-8H2,1-2H3,(H,11,12)/b4-3+. The van der Waals surface area contributed by atoms with E-state index in [1.807, 2.05) is 0 Å². The number of aliphatic carboxylic acids is 1. The summed E-state index contributed by atoms with van der Waals surface area (Å²) < 4.78 is 10.3. The summed E-state index contributed by atoms with van der Waals surface area (Å²) in [6.45, 7) is 6.26. The van der Waals surface area contributed by atoms with Gasteiger partial charge in [0.15, 0.2) is 0 Å². The number of hydrogen-bond donors (Lipinski definition) is 1. The van der Waals surface area contributed by atoms with Crippen LogP contribution in [0.1, 0.15) is 13.8 Å². The van der Waals surface area contributed by atoms with Gasteiger partial charge in [-0.25, -0.2) is 4.79 Å². The monoisotopic (exact) mass is 202 g/mol. The third-order valence-corrected chi connectivity index (χ3v) is 1.30. The third kappa shape index (κ3) is 11.1. The van der Waals surface area contributed by atoms with Gasteiger partial charge in [0.25, 0.3) is 0 Å². The highest BCUT2D eigenvalue weighted by molar-refractivity contribution is 5.79. The molecular formula is C10H18O4. The van der Waals surface area contributed by atoms with Crippen LogP contribution in [0.4, 0.5) is 0 Å². The molecule has 0 aromatic rings. The fourth-order valence-electron chi connectivity index (χ4n) is 0.737. The topological polar surface area (TPSA) is 55.8 Å². The molecule has 0 atom stereocenters. The van der Waals surface area contributed by atoms with Crippen LogP contribution in [0.5, 0.6) is 0 Å². The van der Waals surface area contributed by atoms with E-state index in [0.29, 0.717) is 25.7 Å². The van der Waals surface area contributed by atoms with Gasteiger partial charge in [0.1, 0.15) is 0 Å². The van der Waals surface area contributed by atoms with Crippen LogP contribution in [-0.2, 0) is 14.3 Å². The van der Waals surface area contributed by atoms with Gasteiger partial charge >= 0.3 is 5.97 Å². The number of hydrogen-bond acceptors (Lipinski definition) is 3. The maximum Gasteiger partial charge on any atom is 0.328 e. The Kier molecular flexibility index (Phi) is 8.17. The molecule has 0 aliphatic heterocycles. The molecule has 0 aliphatic rings. The van der Waals surface area contributed by atoms with Crippen LogP contribution in [0.25, 0.3) is 0 Å². The van der Waals surface area contributed by atoms with Gasteiger partial charge in [-0.1, -0.05) is 19.9 Å². The summed E-state index contributed by atoms with van der Waals surface area (Å²) in [4.78, 5) is 10.0. The molecule has 0 aromatic carbocycles. The lowest BCUT2D eigenvalue weighted by Crippen LogP contribution is -2.08. The Morgan fingerprint density at radius 1 is 1.36 bits per heavy atom. The Hall–Kier alpha value is -0.870. The van der Waals surface area contributed by atoms with Crippen molar-refractivity contribution in [1.29, 1.82) is 0 Å². The minimum absolute atomic E-state index is 0.317. The van der Waals surface area contributed by atoms with Gasteiger partial charge in [0, 0.05) is 12.7 Å². The van der Waals surface area contributed by atoms with Crippen LogP contribution < -0.4 is 0 Å². The second-order valence-corrected chi connectivity index (χ2v) is 3.28. The Balaban J connectivity index is 3.10. The summed E-state index contributed by atoms with van der Waals surface area (Å²) >= 11 is 0. The predicted molar refractivity (Wildman–Crippen MR) is 53.3 cm³/mol. The Bertz CT molecular complexity index is 175. The summed E-state index contributed by atoms with van der Waals surface area (Å²) in [5.41, 5.74) is 0. The number of carbonyl (C=O) groups is 1. The van der Waals surface area contributed by atoms with E-state index in [-0.39, 0.29) is 0 Å². The Morgan fingerprint density at radius 2 is 2.00 bits per heavy atom. The molecule has 0 saturated heterocycles. The molecule has 0 fully saturated rings. The first-order valence-corrected chi connectivity index (χ1v) is 4.68. The summed E-state index contributed by atoms with van der Waals surface area (Å²) in [5.74, 6) is -0.424. The zero-order valence-corrected chi connectivity index (χ0v) is 8.73. The van der Waals surface area contributed by atoms with E-state index in [0.717, 1.165) is 12.7 Å². The van der Waals surface area contributed by atoms with Crippen LogP contribution in [0.3, 0.4) is 0 Å². The fraction of sp³-hybridized carbons (Fsp3) is 0.700. The molecule has 1 N–H and O–H groups in total. The highest BCUT2D eigenvalue weighted by atomic mass is 16.5. The molecular weight excluding hydrogens is 184 g/mol. The van der Waals surface area contributed by atoms with Crippen LogP contribution in [0, 0.1) is 5.92 Å². The van der Waals surface area contributed by atoms with Gasteiger partial charge < -0.3 is 14.6 Å². The Labute approximate surface area is 84.5 Å². The second kappa shape index (κ2) is 8.72. The van der Waals surface area contributed by atoms with Crippen molar-refractivity contribution in [3.8, 4) is 0 Å². The predicted octanol–water partition coefficient (Wildman–Crippen LogP) is 1.32. The van der Waals surface area contributed by atoms with Gasteiger partial charge in [0.2, 0.25) is 0 Å². The van der Waals surface area contributed by atoms with Crippen LogP contribution in [0.2, 0.25) is 0 Å². The third-order valence-electron chi connectivity index (χ3n) is 1.30. The SMILES string of the molecule is CC(C)COCCOC/C=C/C(=O)O. The molecule has 0 bridgehead atoms. The van der Waals surface area contributed by atoms with Crippen molar-refractivity contribution >= 4 is 5.97 Å². The smallest absolute Gasteiger partial charge is 0.328 e. The molecule has 82 valence electrons. The molecule has 4 heteroatoms. The number of carboxylic acid groups (broad SMARTS) is 1. The molecule has 0 spiro atoms. The van der Waals surface area contributed by atoms with Crippen LogP contribution in [-0.4, -0.2) is 37.5 Å². The number of rotatable bonds is 8. The maximum atomic E-state index is 10.0. The van der Waals surface area contributed by atoms with Gasteiger partial charge in [-0.05, 0) is 5.92 Å². The summed E-state index contributed by atoms with van der Waals surface area (Å²) in [6.07, 6.45) is 2.53. The average molecular weight is 202 g/mol. The van der Waals surface area contributed by atoms with Gasteiger partial charge in [-0.3, -0.25) is 0 Å². The lowest BCUT2D eigenvalue weighted by molar-refractivity contribution is -0.131. The second-order valence-electron chi connectivity index (χ2n) is 3.28. The van der Waals surface area contributed by atoms with E-state index in [1.165, 1.54) is 6.08 Å². The van der Waals surface area contributed by atoms with Crippen LogP contribution in [0.15, 0.2) is 12.2 Å². The minimum atomic E-state index is -0.954. The van der Waals surface area contributed by atoms with Crippen LogP contribution >= 0.6 is 0 Å². The van der Waals surface area contributed by atoms with Gasteiger partial charge in [0.05, 0.1) is 19.8 Å². The lowest BCUT2D eigenvalue weighted by atomic mass is 10.2. The van der Waals surface area contributed by atoms with Crippen molar-refractivity contribution in [2.75, 3.05) is 26.4 Å². The van der Waals surface area contributed by atoms with E-state index in [4.69, 9.17) is 14.6 Å². The van der Waals surface area contributed by atoms with Gasteiger partial charge in [-0.15, -0.1) is 0 Å². The molecule has 0 unspecified atom stereocenters. The molecule has 4 nitrogen and oxygen atoms in total. The van der Waals surface area contributed by atoms with Crippen molar-refractivity contribution in [1.82, 2.24) is 0 Å². The van der Waals surface area contributed by atoms with Crippen molar-refractivity contribution in [3.05, 3.63) is 12.2 Å². The molecule has 0 aromatic heterocycles. The highest BCUT2D eigenvalue weighted by Crippen LogP contribution is 1.91. The van der Waals surface area contributed by atoms with Crippen molar-refractivity contribution in [2.24, 2.45) is 5.92 Å². The zero-order chi connectivity index (χ0) is 10.8. The zero-order valence-electron chi connectivity index (χ0n) is 8.73. The highest BCUT2D eigenvalue weighted by Gasteiger charge is 1.93. The first-order valence-electron chi connectivity index (χ1n) is 4.68. The minimum Gasteiger partial charge on any atom is -0.478 e. The number of carboxylic acids is 1. The van der Waals surface area contributed by atoms with Gasteiger partial charge in [-0.2, -0.15) is 0 Å². The van der Waals surface area contributed by atoms with E-state index >= 15 is 0 Å².